The van der Waals surface area contributed by atoms with Gasteiger partial charge in [0.25, 0.3) is 5.91 Å². The number of fused-ring (bicyclic) bond motifs is 1. The third-order valence-corrected chi connectivity index (χ3v) is 4.97. The first-order valence-electron chi connectivity index (χ1n) is 8.72. The molecule has 1 saturated heterocycles. The molecule has 2 heterocycles. The second-order valence-corrected chi connectivity index (χ2v) is 6.72. The predicted octanol–water partition coefficient (Wildman–Crippen LogP) is 0.493. The zero-order valence-corrected chi connectivity index (χ0v) is 14.0. The largest absolute Gasteiger partial charge is 0.482 e. The number of nitrogens with zero attached hydrogens (tertiary/aromatic N) is 3. The number of piperazine rings is 1. The summed E-state index contributed by atoms with van der Waals surface area (Å²) in [5, 5.41) is 0. The van der Waals surface area contributed by atoms with Gasteiger partial charge in [0.15, 0.2) is 6.61 Å². The van der Waals surface area contributed by atoms with E-state index in [1.807, 2.05) is 17.0 Å². The molecule has 1 aliphatic carbocycles. The lowest BCUT2D eigenvalue weighted by atomic mass is 10.2. The Labute approximate surface area is 146 Å². The summed E-state index contributed by atoms with van der Waals surface area (Å²) in [7, 11) is 0. The number of amides is 3. The second-order valence-electron chi connectivity index (χ2n) is 6.72. The standard InChI is InChI=1S/C18H21N3O4/c22-16(19-7-9-20(10-8-19)18(24)13-5-6-13)11-21-14-3-1-2-4-15(14)25-12-17(21)23/h1-4,13H,5-12H2. The van der Waals surface area contributed by atoms with Crippen LogP contribution in [0, 0.1) is 5.92 Å². The van der Waals surface area contributed by atoms with E-state index in [0.717, 1.165) is 12.8 Å². The van der Waals surface area contributed by atoms with Crippen molar-refractivity contribution in [3.05, 3.63) is 24.3 Å². The van der Waals surface area contributed by atoms with Gasteiger partial charge >= 0.3 is 0 Å². The molecule has 132 valence electrons. The highest BCUT2D eigenvalue weighted by Gasteiger charge is 2.36. The van der Waals surface area contributed by atoms with E-state index >= 15 is 0 Å². The van der Waals surface area contributed by atoms with Gasteiger partial charge in [-0.15, -0.1) is 0 Å². The summed E-state index contributed by atoms with van der Waals surface area (Å²) in [4.78, 5) is 42.0. The Balaban J connectivity index is 1.38. The van der Waals surface area contributed by atoms with Crippen LogP contribution in [0.5, 0.6) is 5.75 Å². The highest BCUT2D eigenvalue weighted by Crippen LogP contribution is 2.32. The average molecular weight is 343 g/mol. The third-order valence-electron chi connectivity index (χ3n) is 4.97. The summed E-state index contributed by atoms with van der Waals surface area (Å²) >= 11 is 0. The molecule has 0 aromatic heterocycles. The number of benzene rings is 1. The fourth-order valence-corrected chi connectivity index (χ4v) is 3.33. The zero-order chi connectivity index (χ0) is 17.4. The highest BCUT2D eigenvalue weighted by molar-refractivity contribution is 6.02. The van der Waals surface area contributed by atoms with Crippen LogP contribution in [0.25, 0.3) is 0 Å². The van der Waals surface area contributed by atoms with Crippen LogP contribution in [-0.4, -0.2) is 66.9 Å². The van der Waals surface area contributed by atoms with Crippen LogP contribution in [0.3, 0.4) is 0 Å². The van der Waals surface area contributed by atoms with E-state index in [2.05, 4.69) is 0 Å². The number of ether oxygens (including phenoxy) is 1. The maximum absolute atomic E-state index is 12.6. The van der Waals surface area contributed by atoms with E-state index in [1.54, 1.807) is 17.0 Å². The Morgan fingerprint density at radius 3 is 2.44 bits per heavy atom. The van der Waals surface area contributed by atoms with Crippen molar-refractivity contribution >= 4 is 23.4 Å². The monoisotopic (exact) mass is 343 g/mol. The molecular weight excluding hydrogens is 322 g/mol. The minimum Gasteiger partial charge on any atom is -0.482 e. The SMILES string of the molecule is O=C(CN1C(=O)COc2ccccc21)N1CCN(C(=O)C2CC2)CC1. The Kier molecular flexibility index (Phi) is 4.07. The molecule has 0 bridgehead atoms. The van der Waals surface area contributed by atoms with Gasteiger partial charge in [-0.25, -0.2) is 0 Å². The molecule has 7 heteroatoms. The first-order valence-corrected chi connectivity index (χ1v) is 8.72. The van der Waals surface area contributed by atoms with Crippen molar-refractivity contribution in [3.63, 3.8) is 0 Å². The van der Waals surface area contributed by atoms with Crippen LogP contribution in [0.15, 0.2) is 24.3 Å². The zero-order valence-electron chi connectivity index (χ0n) is 14.0. The van der Waals surface area contributed by atoms with Gasteiger partial charge in [-0.1, -0.05) is 12.1 Å². The van der Waals surface area contributed by atoms with Gasteiger partial charge in [0.05, 0.1) is 5.69 Å². The van der Waals surface area contributed by atoms with Gasteiger partial charge in [-0.3, -0.25) is 19.3 Å². The fourth-order valence-electron chi connectivity index (χ4n) is 3.33. The molecule has 1 aromatic rings. The molecule has 2 aliphatic heterocycles. The van der Waals surface area contributed by atoms with Gasteiger partial charge in [-0.05, 0) is 25.0 Å². The predicted molar refractivity (Wildman–Crippen MR) is 90.2 cm³/mol. The molecule has 0 spiro atoms. The van der Waals surface area contributed by atoms with Crippen LogP contribution < -0.4 is 9.64 Å². The van der Waals surface area contributed by atoms with Crippen molar-refractivity contribution in [2.75, 3.05) is 44.2 Å². The number of carbonyl (C=O) groups excluding carboxylic acids is 3. The van der Waals surface area contributed by atoms with E-state index < -0.39 is 0 Å². The Bertz CT molecular complexity index is 708. The highest BCUT2D eigenvalue weighted by atomic mass is 16.5. The first-order chi connectivity index (χ1) is 12.1. The normalized spacial score (nSPS) is 20.2. The van der Waals surface area contributed by atoms with Crippen LogP contribution in [0.4, 0.5) is 5.69 Å². The molecule has 0 radical (unpaired) electrons. The molecule has 3 aliphatic rings. The molecule has 7 nitrogen and oxygen atoms in total. The number of rotatable bonds is 3. The number of hydrogen-bond acceptors (Lipinski definition) is 4. The van der Waals surface area contributed by atoms with Crippen molar-refractivity contribution in [1.82, 2.24) is 9.80 Å². The van der Waals surface area contributed by atoms with Gasteiger partial charge < -0.3 is 14.5 Å². The maximum atomic E-state index is 12.6. The van der Waals surface area contributed by atoms with E-state index in [9.17, 15) is 14.4 Å². The smallest absolute Gasteiger partial charge is 0.265 e. The molecule has 0 atom stereocenters. The molecule has 4 rings (SSSR count). The first kappa shape index (κ1) is 15.9. The van der Waals surface area contributed by atoms with Gasteiger partial charge in [0, 0.05) is 32.1 Å². The summed E-state index contributed by atoms with van der Waals surface area (Å²) in [6.07, 6.45) is 1.99. The molecule has 25 heavy (non-hydrogen) atoms. The lowest BCUT2D eigenvalue weighted by Gasteiger charge is -2.36. The number of hydrogen-bond donors (Lipinski definition) is 0. The van der Waals surface area contributed by atoms with E-state index in [4.69, 9.17) is 4.74 Å². The van der Waals surface area contributed by atoms with Crippen molar-refractivity contribution in [2.45, 2.75) is 12.8 Å². The van der Waals surface area contributed by atoms with E-state index in [-0.39, 0.29) is 36.8 Å². The Hall–Kier alpha value is -2.57. The number of anilines is 1. The number of para-hydroxylation sites is 2. The topological polar surface area (TPSA) is 70.2 Å². The lowest BCUT2D eigenvalue weighted by Crippen LogP contribution is -2.54. The van der Waals surface area contributed by atoms with Gasteiger partial charge in [0.1, 0.15) is 12.3 Å². The van der Waals surface area contributed by atoms with Crippen molar-refractivity contribution in [1.29, 1.82) is 0 Å². The summed E-state index contributed by atoms with van der Waals surface area (Å²) in [6.45, 7) is 2.17. The molecule has 2 fully saturated rings. The van der Waals surface area contributed by atoms with E-state index in [1.165, 1.54) is 4.90 Å². The molecule has 3 amide bonds. The quantitative estimate of drug-likeness (QED) is 0.801. The van der Waals surface area contributed by atoms with Crippen LogP contribution in [0.1, 0.15) is 12.8 Å². The third kappa shape index (κ3) is 3.18. The van der Waals surface area contributed by atoms with Gasteiger partial charge in [0.2, 0.25) is 11.8 Å². The Morgan fingerprint density at radius 2 is 1.72 bits per heavy atom. The maximum Gasteiger partial charge on any atom is 0.265 e. The van der Waals surface area contributed by atoms with Gasteiger partial charge in [-0.2, -0.15) is 0 Å². The van der Waals surface area contributed by atoms with Crippen molar-refractivity contribution in [3.8, 4) is 5.75 Å². The lowest BCUT2D eigenvalue weighted by molar-refractivity contribution is -0.140. The minimum absolute atomic E-state index is 0.00970. The summed E-state index contributed by atoms with van der Waals surface area (Å²) in [6, 6.07) is 7.23. The summed E-state index contributed by atoms with van der Waals surface area (Å²) < 4.78 is 5.40. The molecule has 0 N–H and O–H groups in total. The average Bonchev–Trinajstić information content (AvgIpc) is 3.49. The Morgan fingerprint density at radius 1 is 1.04 bits per heavy atom. The summed E-state index contributed by atoms with van der Waals surface area (Å²) in [5.74, 6) is 0.752. The fraction of sp³-hybridized carbons (Fsp3) is 0.500. The second kappa shape index (κ2) is 6.38. The molecular formula is C18H21N3O4. The van der Waals surface area contributed by atoms with Crippen LogP contribution in [-0.2, 0) is 14.4 Å². The van der Waals surface area contributed by atoms with Crippen molar-refractivity contribution in [2.24, 2.45) is 5.92 Å². The molecule has 0 unspecified atom stereocenters. The van der Waals surface area contributed by atoms with E-state index in [0.29, 0.717) is 37.6 Å². The van der Waals surface area contributed by atoms with Crippen LogP contribution >= 0.6 is 0 Å². The minimum atomic E-state index is -0.213. The molecule has 1 saturated carbocycles. The molecule has 1 aromatic carbocycles. The number of carbonyl (C=O) groups is 3. The summed E-state index contributed by atoms with van der Waals surface area (Å²) in [5.41, 5.74) is 0.634. The van der Waals surface area contributed by atoms with Crippen molar-refractivity contribution < 1.29 is 19.1 Å². The van der Waals surface area contributed by atoms with Crippen LogP contribution in [0.2, 0.25) is 0 Å².